The summed E-state index contributed by atoms with van der Waals surface area (Å²) in [5.74, 6) is 0. The van der Waals surface area contributed by atoms with E-state index in [4.69, 9.17) is 23.2 Å². The van der Waals surface area contributed by atoms with Crippen LogP contribution in [0.3, 0.4) is 0 Å². The van der Waals surface area contributed by atoms with Crippen LogP contribution >= 0.6 is 23.2 Å². The molecular weight excluding hydrogens is 333 g/mol. The van der Waals surface area contributed by atoms with Crippen molar-refractivity contribution in [3.05, 3.63) is 52.3 Å². The van der Waals surface area contributed by atoms with E-state index in [0.29, 0.717) is 21.6 Å². The lowest BCUT2D eigenvalue weighted by molar-refractivity contribution is 0.597. The predicted molar refractivity (Wildman–Crippen MR) is 82.6 cm³/mol. The third-order valence-corrected chi connectivity index (χ3v) is 4.81. The van der Waals surface area contributed by atoms with Gasteiger partial charge in [0.1, 0.15) is 16.4 Å². The van der Waals surface area contributed by atoms with Crippen molar-refractivity contribution < 1.29 is 8.42 Å². The lowest BCUT2D eigenvalue weighted by Gasteiger charge is -2.24. The maximum Gasteiger partial charge on any atom is 0.285 e. The van der Waals surface area contributed by atoms with Gasteiger partial charge in [-0.05, 0) is 24.3 Å². The van der Waals surface area contributed by atoms with Gasteiger partial charge in [0.15, 0.2) is 0 Å². The average Bonchev–Trinajstić information content (AvgIpc) is 2.46. The molecule has 0 aliphatic carbocycles. The van der Waals surface area contributed by atoms with Crippen LogP contribution in [0.15, 0.2) is 45.7 Å². The van der Waals surface area contributed by atoms with E-state index in [1.807, 2.05) is 0 Å². The number of sulfonamides is 1. The normalized spacial score (nSPS) is 15.8. The molecule has 21 heavy (non-hydrogen) atoms. The van der Waals surface area contributed by atoms with Gasteiger partial charge in [-0.2, -0.15) is 8.42 Å². The van der Waals surface area contributed by atoms with Gasteiger partial charge in [0.2, 0.25) is 0 Å². The van der Waals surface area contributed by atoms with Crippen molar-refractivity contribution in [2.45, 2.75) is 11.4 Å². The molecule has 0 unspecified atom stereocenters. The lowest BCUT2D eigenvalue weighted by atomic mass is 10.2. The monoisotopic (exact) mass is 341 g/mol. The van der Waals surface area contributed by atoms with Crippen molar-refractivity contribution in [2.75, 3.05) is 4.90 Å². The molecule has 1 aliphatic rings. The molecule has 0 atom stereocenters. The maximum atomic E-state index is 11.9. The quantitative estimate of drug-likeness (QED) is 0.787. The fraction of sp³-hybridized carbons (Fsp3) is 0.0769. The molecule has 0 spiro atoms. The number of pyridine rings is 1. The third kappa shape index (κ3) is 2.74. The number of halogens is 2. The first kappa shape index (κ1) is 14.3. The van der Waals surface area contributed by atoms with E-state index >= 15 is 0 Å². The highest BCUT2D eigenvalue weighted by Crippen LogP contribution is 2.31. The second-order valence-electron chi connectivity index (χ2n) is 4.35. The summed E-state index contributed by atoms with van der Waals surface area (Å²) in [7, 11) is -3.64. The first-order valence-corrected chi connectivity index (χ1v) is 8.14. The van der Waals surface area contributed by atoms with Crippen LogP contribution in [0.2, 0.25) is 10.2 Å². The van der Waals surface area contributed by atoms with E-state index in [-0.39, 0.29) is 11.4 Å². The van der Waals surface area contributed by atoms with Gasteiger partial charge in [-0.1, -0.05) is 35.3 Å². The number of rotatable bonds is 2. The highest BCUT2D eigenvalue weighted by atomic mass is 35.5. The molecule has 2 aromatic rings. The minimum atomic E-state index is -3.64. The summed E-state index contributed by atoms with van der Waals surface area (Å²) >= 11 is 12.0. The van der Waals surface area contributed by atoms with E-state index in [1.165, 1.54) is 12.4 Å². The Hall–Kier alpha value is -1.63. The molecule has 0 amide bonds. The Labute approximate surface area is 131 Å². The molecule has 3 rings (SSSR count). The van der Waals surface area contributed by atoms with Crippen LogP contribution in [-0.4, -0.2) is 19.7 Å². The number of fused-ring (bicyclic) bond motifs is 1. The zero-order valence-electron chi connectivity index (χ0n) is 10.6. The van der Waals surface area contributed by atoms with Crippen LogP contribution in [0.4, 0.5) is 5.69 Å². The molecule has 1 aromatic heterocycles. The van der Waals surface area contributed by atoms with Gasteiger partial charge in [-0.15, -0.1) is 4.40 Å². The molecule has 8 heteroatoms. The van der Waals surface area contributed by atoms with Crippen molar-refractivity contribution in [3.8, 4) is 0 Å². The van der Waals surface area contributed by atoms with Crippen LogP contribution in [0, 0.1) is 0 Å². The Morgan fingerprint density at radius 3 is 2.67 bits per heavy atom. The van der Waals surface area contributed by atoms with E-state index in [2.05, 4.69) is 9.38 Å². The molecule has 0 bridgehead atoms. The molecule has 0 radical (unpaired) electrons. The second kappa shape index (κ2) is 5.29. The van der Waals surface area contributed by atoms with Crippen LogP contribution in [0.25, 0.3) is 0 Å². The van der Waals surface area contributed by atoms with Gasteiger partial charge in [-0.25, -0.2) is 4.98 Å². The first-order valence-electron chi connectivity index (χ1n) is 5.94. The lowest BCUT2D eigenvalue weighted by Crippen LogP contribution is -2.27. The van der Waals surface area contributed by atoms with Gasteiger partial charge < -0.3 is 4.90 Å². The molecule has 0 fully saturated rings. The minimum Gasteiger partial charge on any atom is -0.324 e. The summed E-state index contributed by atoms with van der Waals surface area (Å²) in [6.45, 7) is 0.273. The fourth-order valence-corrected chi connectivity index (χ4v) is 3.39. The summed E-state index contributed by atoms with van der Waals surface area (Å²) in [5.41, 5.74) is 1.08. The summed E-state index contributed by atoms with van der Waals surface area (Å²) in [6.07, 6.45) is 1.26. The van der Waals surface area contributed by atoms with Crippen LogP contribution in [0.5, 0.6) is 0 Å². The topological polar surface area (TPSA) is 62.6 Å². The summed E-state index contributed by atoms with van der Waals surface area (Å²) in [5, 5.41) is 0.781. The highest BCUT2D eigenvalue weighted by molar-refractivity contribution is 7.90. The Morgan fingerprint density at radius 2 is 1.86 bits per heavy atom. The third-order valence-electron chi connectivity index (χ3n) is 2.98. The first-order chi connectivity index (χ1) is 9.97. The number of aromatic nitrogens is 1. The minimum absolute atomic E-state index is 0.158. The van der Waals surface area contributed by atoms with Crippen molar-refractivity contribution in [3.63, 3.8) is 0 Å². The van der Waals surface area contributed by atoms with Gasteiger partial charge in [0.05, 0.1) is 22.9 Å². The molecule has 5 nitrogen and oxygen atoms in total. The molecule has 0 saturated heterocycles. The van der Waals surface area contributed by atoms with Crippen LogP contribution in [0.1, 0.15) is 5.69 Å². The molecular formula is C13H9Cl2N3O2S. The van der Waals surface area contributed by atoms with E-state index < -0.39 is 10.0 Å². The van der Waals surface area contributed by atoms with Crippen molar-refractivity contribution >= 4 is 45.3 Å². The highest BCUT2D eigenvalue weighted by Gasteiger charge is 2.25. The average molecular weight is 342 g/mol. The molecule has 1 aromatic carbocycles. The van der Waals surface area contributed by atoms with E-state index in [1.54, 1.807) is 35.2 Å². The van der Waals surface area contributed by atoms with Crippen LogP contribution < -0.4 is 4.90 Å². The van der Waals surface area contributed by atoms with Gasteiger partial charge in [0, 0.05) is 0 Å². The number of nitrogens with zero attached hydrogens (tertiary/aromatic N) is 3. The fourth-order valence-electron chi connectivity index (χ4n) is 2.01. The zero-order chi connectivity index (χ0) is 15.0. The van der Waals surface area contributed by atoms with Crippen molar-refractivity contribution in [1.82, 2.24) is 4.98 Å². The summed E-state index contributed by atoms with van der Waals surface area (Å²) in [6, 6.07) is 9.87. The number of hydrogen-bond acceptors (Lipinski definition) is 4. The molecule has 0 N–H and O–H groups in total. The van der Waals surface area contributed by atoms with Gasteiger partial charge >= 0.3 is 0 Å². The smallest absolute Gasteiger partial charge is 0.285 e. The van der Waals surface area contributed by atoms with Gasteiger partial charge in [0.25, 0.3) is 10.0 Å². The molecule has 1 aliphatic heterocycles. The Kier molecular flexibility index (Phi) is 3.61. The van der Waals surface area contributed by atoms with E-state index in [0.717, 1.165) is 0 Å². The molecule has 108 valence electrons. The number of para-hydroxylation sites is 1. The molecule has 2 heterocycles. The zero-order valence-corrected chi connectivity index (χ0v) is 12.9. The van der Waals surface area contributed by atoms with E-state index in [9.17, 15) is 8.42 Å². The Bertz CT molecular complexity index is 837. The molecule has 0 saturated carbocycles. The summed E-state index contributed by atoms with van der Waals surface area (Å²) in [4.78, 5) is 5.98. The largest absolute Gasteiger partial charge is 0.324 e. The number of benzene rings is 1. The van der Waals surface area contributed by atoms with Crippen LogP contribution in [-0.2, 0) is 16.6 Å². The standard InChI is InChI=1S/C13H9Cl2N3O2S/c14-9-5-6-13(15)17-10(9)7-18-8-16-21(19,20)12-4-2-1-3-11(12)18/h1-6,8H,7H2. The second-order valence-corrected chi connectivity index (χ2v) is 6.75. The number of hydrogen-bond donors (Lipinski definition) is 0. The van der Waals surface area contributed by atoms with Crippen molar-refractivity contribution in [2.24, 2.45) is 4.40 Å². The van der Waals surface area contributed by atoms with Crippen molar-refractivity contribution in [1.29, 1.82) is 0 Å². The maximum absolute atomic E-state index is 11.9. The predicted octanol–water partition coefficient (Wildman–Crippen LogP) is 3.13. The Morgan fingerprint density at radius 1 is 1.10 bits per heavy atom. The summed E-state index contributed by atoms with van der Waals surface area (Å²) < 4.78 is 27.4. The SMILES string of the molecule is O=S1(=O)N=CN(Cc2nc(Cl)ccc2Cl)c2ccccc21. The van der Waals surface area contributed by atoms with Gasteiger partial charge in [-0.3, -0.25) is 0 Å². The number of anilines is 1. The Balaban J connectivity index is 2.03.